The lowest BCUT2D eigenvalue weighted by atomic mass is 10.5. The standard InChI is InChI=1S/C4H9N3O/c1-3-5-2-6-4(8)7-3/h3,5H,2H2,1H3,(H2,6,7,8). The minimum atomic E-state index is -0.101. The van der Waals surface area contributed by atoms with E-state index in [1.54, 1.807) is 0 Å². The van der Waals surface area contributed by atoms with Gasteiger partial charge in [0.2, 0.25) is 0 Å². The zero-order valence-electron chi connectivity index (χ0n) is 4.69. The molecule has 0 spiro atoms. The number of hydrogen-bond donors (Lipinski definition) is 3. The predicted molar refractivity (Wildman–Crippen MR) is 29.1 cm³/mol. The van der Waals surface area contributed by atoms with Crippen LogP contribution in [0, 0.1) is 0 Å². The van der Waals surface area contributed by atoms with Crippen molar-refractivity contribution in [2.24, 2.45) is 0 Å². The molecule has 4 nitrogen and oxygen atoms in total. The topological polar surface area (TPSA) is 53.2 Å². The molecule has 0 bridgehead atoms. The van der Waals surface area contributed by atoms with E-state index in [9.17, 15) is 4.79 Å². The maximum Gasteiger partial charge on any atom is 0.317 e. The summed E-state index contributed by atoms with van der Waals surface area (Å²) in [7, 11) is 0. The molecule has 4 heteroatoms. The number of carbonyl (C=O) groups is 1. The van der Waals surface area contributed by atoms with Gasteiger partial charge in [0, 0.05) is 0 Å². The van der Waals surface area contributed by atoms with Crippen LogP contribution in [0.3, 0.4) is 0 Å². The van der Waals surface area contributed by atoms with Crippen LogP contribution in [0.25, 0.3) is 0 Å². The molecule has 1 saturated heterocycles. The molecule has 3 N–H and O–H groups in total. The average Bonchev–Trinajstić information content (AvgIpc) is 1.64. The van der Waals surface area contributed by atoms with E-state index in [1.807, 2.05) is 6.92 Å². The van der Waals surface area contributed by atoms with Crippen molar-refractivity contribution in [1.82, 2.24) is 16.0 Å². The van der Waals surface area contributed by atoms with Gasteiger partial charge in [0.15, 0.2) is 0 Å². The lowest BCUT2D eigenvalue weighted by Crippen LogP contribution is -2.57. The van der Waals surface area contributed by atoms with Crippen molar-refractivity contribution in [3.8, 4) is 0 Å². The Hall–Kier alpha value is -0.770. The van der Waals surface area contributed by atoms with Gasteiger partial charge < -0.3 is 10.6 Å². The van der Waals surface area contributed by atoms with Gasteiger partial charge in [-0.25, -0.2) is 4.79 Å². The quantitative estimate of drug-likeness (QED) is 0.387. The number of rotatable bonds is 0. The van der Waals surface area contributed by atoms with E-state index in [0.717, 1.165) is 0 Å². The molecule has 0 aromatic rings. The molecule has 1 heterocycles. The summed E-state index contributed by atoms with van der Waals surface area (Å²) in [5.74, 6) is 0. The van der Waals surface area contributed by atoms with E-state index in [1.165, 1.54) is 0 Å². The monoisotopic (exact) mass is 115 g/mol. The lowest BCUT2D eigenvalue weighted by Gasteiger charge is -2.21. The second-order valence-electron chi connectivity index (χ2n) is 1.75. The molecule has 0 aromatic heterocycles. The highest BCUT2D eigenvalue weighted by Gasteiger charge is 2.09. The van der Waals surface area contributed by atoms with Gasteiger partial charge in [-0.1, -0.05) is 0 Å². The first-order valence-electron chi connectivity index (χ1n) is 2.57. The summed E-state index contributed by atoms with van der Waals surface area (Å²) in [5, 5.41) is 8.14. The normalized spacial score (nSPS) is 28.6. The van der Waals surface area contributed by atoms with Gasteiger partial charge in [0.05, 0.1) is 12.8 Å². The summed E-state index contributed by atoms with van der Waals surface area (Å²) in [4.78, 5) is 10.4. The van der Waals surface area contributed by atoms with Crippen LogP contribution in [0.1, 0.15) is 6.92 Å². The van der Waals surface area contributed by atoms with E-state index in [4.69, 9.17) is 0 Å². The first-order chi connectivity index (χ1) is 3.79. The fourth-order valence-electron chi connectivity index (χ4n) is 0.583. The Bertz CT molecular complexity index is 103. The van der Waals surface area contributed by atoms with Crippen LogP contribution < -0.4 is 16.0 Å². The smallest absolute Gasteiger partial charge is 0.317 e. The molecule has 2 amide bonds. The third-order valence-corrected chi connectivity index (χ3v) is 1.00. The van der Waals surface area contributed by atoms with Crippen molar-refractivity contribution in [2.45, 2.75) is 13.1 Å². The number of nitrogens with one attached hydrogen (secondary N) is 3. The van der Waals surface area contributed by atoms with Gasteiger partial charge in [-0.2, -0.15) is 0 Å². The van der Waals surface area contributed by atoms with Gasteiger partial charge in [-0.15, -0.1) is 0 Å². The molecular formula is C4H9N3O. The third-order valence-electron chi connectivity index (χ3n) is 1.00. The van der Waals surface area contributed by atoms with Gasteiger partial charge >= 0.3 is 6.03 Å². The third kappa shape index (κ3) is 1.10. The van der Waals surface area contributed by atoms with Gasteiger partial charge in [0.1, 0.15) is 0 Å². The van der Waals surface area contributed by atoms with Crippen LogP contribution in [0.5, 0.6) is 0 Å². The highest BCUT2D eigenvalue weighted by atomic mass is 16.2. The predicted octanol–water partition coefficient (Wildman–Crippen LogP) is -0.808. The zero-order valence-corrected chi connectivity index (χ0v) is 4.69. The Morgan fingerprint density at radius 1 is 1.75 bits per heavy atom. The lowest BCUT2D eigenvalue weighted by molar-refractivity contribution is 0.225. The van der Waals surface area contributed by atoms with E-state index < -0.39 is 0 Å². The molecule has 0 radical (unpaired) electrons. The molecule has 1 atom stereocenters. The second-order valence-corrected chi connectivity index (χ2v) is 1.75. The Balaban J connectivity index is 2.34. The van der Waals surface area contributed by atoms with E-state index in [0.29, 0.717) is 6.67 Å². The molecule has 1 unspecified atom stereocenters. The summed E-state index contributed by atoms with van der Waals surface area (Å²) in [5.41, 5.74) is 0. The number of hydrogen-bond acceptors (Lipinski definition) is 2. The van der Waals surface area contributed by atoms with E-state index in [-0.39, 0.29) is 12.2 Å². The highest BCUT2D eigenvalue weighted by Crippen LogP contribution is 1.77. The zero-order chi connectivity index (χ0) is 5.98. The molecule has 46 valence electrons. The number of carbonyl (C=O) groups excluding carboxylic acids is 1. The summed E-state index contributed by atoms with van der Waals surface area (Å²) in [6, 6.07) is -0.101. The van der Waals surface area contributed by atoms with E-state index in [2.05, 4.69) is 16.0 Å². The highest BCUT2D eigenvalue weighted by molar-refractivity contribution is 5.74. The Morgan fingerprint density at radius 2 is 2.50 bits per heavy atom. The van der Waals surface area contributed by atoms with Crippen LogP contribution in [0.2, 0.25) is 0 Å². The van der Waals surface area contributed by atoms with Crippen LogP contribution in [-0.2, 0) is 0 Å². The van der Waals surface area contributed by atoms with Gasteiger partial charge in [0.25, 0.3) is 0 Å². The minimum Gasteiger partial charge on any atom is -0.326 e. The van der Waals surface area contributed by atoms with Crippen LogP contribution >= 0.6 is 0 Å². The Morgan fingerprint density at radius 3 is 2.88 bits per heavy atom. The largest absolute Gasteiger partial charge is 0.326 e. The van der Waals surface area contributed by atoms with Crippen molar-refractivity contribution in [2.75, 3.05) is 6.67 Å². The van der Waals surface area contributed by atoms with Crippen molar-refractivity contribution in [3.05, 3.63) is 0 Å². The van der Waals surface area contributed by atoms with Crippen LogP contribution in [-0.4, -0.2) is 18.9 Å². The summed E-state index contributed by atoms with van der Waals surface area (Å²) in [6.45, 7) is 2.45. The van der Waals surface area contributed by atoms with Gasteiger partial charge in [-0.3, -0.25) is 5.32 Å². The molecule has 0 aromatic carbocycles. The van der Waals surface area contributed by atoms with Crippen molar-refractivity contribution >= 4 is 6.03 Å². The SMILES string of the molecule is CC1NCNC(=O)N1. The molecule has 1 rings (SSSR count). The molecule has 0 aliphatic carbocycles. The van der Waals surface area contributed by atoms with Crippen molar-refractivity contribution in [1.29, 1.82) is 0 Å². The molecule has 1 aliphatic rings. The van der Waals surface area contributed by atoms with Crippen LogP contribution in [0.15, 0.2) is 0 Å². The molecule has 1 aliphatic heterocycles. The first-order valence-corrected chi connectivity index (χ1v) is 2.57. The van der Waals surface area contributed by atoms with Crippen molar-refractivity contribution < 1.29 is 4.79 Å². The fourth-order valence-corrected chi connectivity index (χ4v) is 0.583. The van der Waals surface area contributed by atoms with Crippen LogP contribution in [0.4, 0.5) is 4.79 Å². The number of amides is 2. The summed E-state index contributed by atoms with van der Waals surface area (Å²) in [6.07, 6.45) is 0.101. The Kier molecular flexibility index (Phi) is 1.34. The number of urea groups is 1. The maximum atomic E-state index is 10.4. The molecule has 8 heavy (non-hydrogen) atoms. The summed E-state index contributed by atoms with van der Waals surface area (Å²) < 4.78 is 0. The Labute approximate surface area is 47.6 Å². The maximum absolute atomic E-state index is 10.4. The first kappa shape index (κ1) is 5.37. The molecular weight excluding hydrogens is 106 g/mol. The average molecular weight is 115 g/mol. The fraction of sp³-hybridized carbons (Fsp3) is 0.750. The van der Waals surface area contributed by atoms with Crippen molar-refractivity contribution in [3.63, 3.8) is 0 Å². The molecule has 0 saturated carbocycles. The summed E-state index contributed by atoms with van der Waals surface area (Å²) >= 11 is 0. The van der Waals surface area contributed by atoms with E-state index >= 15 is 0 Å². The molecule has 1 fully saturated rings. The minimum absolute atomic E-state index is 0.101. The van der Waals surface area contributed by atoms with Gasteiger partial charge in [-0.05, 0) is 6.92 Å². The second kappa shape index (κ2) is 2.00.